The third kappa shape index (κ3) is 18.8. The molecule has 0 radical (unpaired) electrons. The molecule has 8 aromatic carbocycles. The van der Waals surface area contributed by atoms with E-state index in [0.29, 0.717) is 26.2 Å². The molecule has 1 saturated heterocycles. The van der Waals surface area contributed by atoms with Gasteiger partial charge in [-0.05, 0) is 119 Å². The maximum Gasteiger partial charge on any atom is 0.221 e. The highest BCUT2D eigenvalue weighted by atomic mass is 16.2. The molecule has 1 aliphatic rings. The molecule has 0 bridgehead atoms. The van der Waals surface area contributed by atoms with Crippen molar-refractivity contribution in [1.29, 1.82) is 0 Å². The maximum absolute atomic E-state index is 12.3. The van der Waals surface area contributed by atoms with E-state index in [-0.39, 0.29) is 47.8 Å². The van der Waals surface area contributed by atoms with Gasteiger partial charge < -0.3 is 21.3 Å². The fourth-order valence-corrected chi connectivity index (χ4v) is 11.8. The van der Waals surface area contributed by atoms with Gasteiger partial charge in [0, 0.05) is 127 Å². The number of hydrogen-bond acceptors (Lipinski definition) is 8. The number of nitrogens with zero attached hydrogens (tertiary/aromatic N) is 4. The van der Waals surface area contributed by atoms with Crippen molar-refractivity contribution < 1.29 is 19.2 Å². The fourth-order valence-electron chi connectivity index (χ4n) is 11.8. The summed E-state index contributed by atoms with van der Waals surface area (Å²) in [5, 5.41) is 12.0. The van der Waals surface area contributed by atoms with Gasteiger partial charge >= 0.3 is 0 Å². The van der Waals surface area contributed by atoms with Crippen molar-refractivity contribution in [2.75, 3.05) is 47.4 Å². The molecular formula is C72H80N8O4. The zero-order valence-corrected chi connectivity index (χ0v) is 49.0. The van der Waals surface area contributed by atoms with Crippen LogP contribution < -0.4 is 21.3 Å². The molecule has 0 spiro atoms. The van der Waals surface area contributed by atoms with E-state index in [0.717, 1.165) is 74.6 Å². The summed E-state index contributed by atoms with van der Waals surface area (Å²) in [6, 6.07) is 76.9. The summed E-state index contributed by atoms with van der Waals surface area (Å²) >= 11 is 0. The zero-order chi connectivity index (χ0) is 58.6. The highest BCUT2D eigenvalue weighted by Crippen LogP contribution is 2.29. The molecule has 12 heteroatoms. The molecule has 0 unspecified atom stereocenters. The number of anilines is 4. The second-order valence-electron chi connectivity index (χ2n) is 22.6. The first-order valence-corrected chi connectivity index (χ1v) is 29.4. The third-order valence-electron chi connectivity index (χ3n) is 15.7. The van der Waals surface area contributed by atoms with Crippen molar-refractivity contribution in [3.63, 3.8) is 0 Å². The Hall–Kier alpha value is -8.52. The van der Waals surface area contributed by atoms with E-state index in [4.69, 9.17) is 0 Å². The molecule has 0 saturated carbocycles. The molecule has 0 aliphatic carbocycles. The van der Waals surface area contributed by atoms with Crippen LogP contribution in [0.1, 0.15) is 72.2 Å². The van der Waals surface area contributed by atoms with Crippen LogP contribution in [0.4, 0.5) is 22.7 Å². The minimum atomic E-state index is -0.109. The molecule has 8 aromatic rings. The monoisotopic (exact) mass is 1120 g/mol. The SMILES string of the molecule is CC(=O)Nc1ccc(C[C@H]2CN(Cc3ccccc3)[C@@H](Cc3ccc(NC(C)=O)cc3)CN(Cc3ccccc3)[C@@H](Cc3ccc(NC(C)=O)cc3)CN(Cc3ccccc3)[C@@H](Cc3ccc(NC(C)=O)cc3)CN2Cc2ccccc2)cc1. The molecule has 9 rings (SSSR count). The molecule has 1 fully saturated rings. The maximum atomic E-state index is 12.3. The van der Waals surface area contributed by atoms with Gasteiger partial charge in [-0.1, -0.05) is 170 Å². The predicted octanol–water partition coefficient (Wildman–Crippen LogP) is 12.3. The van der Waals surface area contributed by atoms with Gasteiger partial charge in [0.1, 0.15) is 0 Å². The van der Waals surface area contributed by atoms with Gasteiger partial charge in [0.05, 0.1) is 0 Å². The van der Waals surface area contributed by atoms with E-state index in [1.54, 1.807) is 27.7 Å². The van der Waals surface area contributed by atoms with Crippen molar-refractivity contribution in [1.82, 2.24) is 19.6 Å². The normalized spacial score (nSPS) is 17.5. The van der Waals surface area contributed by atoms with Crippen molar-refractivity contribution in [3.8, 4) is 0 Å². The quantitative estimate of drug-likeness (QED) is 0.0594. The van der Waals surface area contributed by atoms with Crippen LogP contribution in [0.5, 0.6) is 0 Å². The molecule has 4 amide bonds. The van der Waals surface area contributed by atoms with Crippen molar-refractivity contribution in [2.24, 2.45) is 0 Å². The topological polar surface area (TPSA) is 129 Å². The zero-order valence-electron chi connectivity index (χ0n) is 49.0. The Balaban J connectivity index is 1.27. The van der Waals surface area contributed by atoms with Crippen LogP contribution in [0.15, 0.2) is 218 Å². The van der Waals surface area contributed by atoms with Gasteiger partial charge in [0.25, 0.3) is 0 Å². The minimum absolute atomic E-state index is 0.0201. The van der Waals surface area contributed by atoms with Crippen molar-refractivity contribution in [3.05, 3.63) is 263 Å². The van der Waals surface area contributed by atoms with E-state index in [2.05, 4.69) is 211 Å². The molecule has 1 aliphatic heterocycles. The number of carbonyl (C=O) groups is 4. The number of carbonyl (C=O) groups excluding carboxylic acids is 4. The fraction of sp³-hybridized carbons (Fsp3) is 0.278. The molecule has 4 N–H and O–H groups in total. The van der Waals surface area contributed by atoms with Gasteiger partial charge in [-0.15, -0.1) is 0 Å². The van der Waals surface area contributed by atoms with Gasteiger partial charge in [0.15, 0.2) is 0 Å². The summed E-state index contributed by atoms with van der Waals surface area (Å²) in [6.07, 6.45) is 2.94. The van der Waals surface area contributed by atoms with Crippen LogP contribution in [0.2, 0.25) is 0 Å². The molecule has 432 valence electrons. The minimum Gasteiger partial charge on any atom is -0.326 e. The van der Waals surface area contributed by atoms with Crippen molar-refractivity contribution in [2.45, 2.75) is 104 Å². The van der Waals surface area contributed by atoms with E-state index < -0.39 is 0 Å². The number of nitrogens with one attached hydrogen (secondary N) is 4. The Morgan fingerprint density at radius 2 is 0.452 bits per heavy atom. The second-order valence-corrected chi connectivity index (χ2v) is 22.6. The van der Waals surface area contributed by atoms with Gasteiger partial charge in [0.2, 0.25) is 23.6 Å². The van der Waals surface area contributed by atoms with Crippen LogP contribution in [0, 0.1) is 0 Å². The molecule has 84 heavy (non-hydrogen) atoms. The number of hydrogen-bond donors (Lipinski definition) is 4. The van der Waals surface area contributed by atoms with Crippen molar-refractivity contribution >= 4 is 46.4 Å². The predicted molar refractivity (Wildman–Crippen MR) is 340 cm³/mol. The lowest BCUT2D eigenvalue weighted by molar-refractivity contribution is -0.115. The molecular weight excluding hydrogens is 1040 g/mol. The van der Waals surface area contributed by atoms with Crippen LogP contribution >= 0.6 is 0 Å². The van der Waals surface area contributed by atoms with E-state index in [9.17, 15) is 19.2 Å². The Morgan fingerprint density at radius 1 is 0.274 bits per heavy atom. The molecule has 4 atom stereocenters. The standard InChI is InChI=1S/C72H80N8O4/c1-53(81)73-65-33-25-57(26-34-65)41-69-49-78(46-62-19-11-6-12-20-62)71(43-59-29-37-67(38-30-59)75-55(3)83)51-80(48-64-23-15-8-16-24-64)72(44-60-31-39-68(40-32-60)76-56(4)84)52-79(47-63-21-13-7-14-22-63)70(50-77(69)45-61-17-9-5-10-18-61)42-58-27-35-66(36-28-58)74-54(2)82/h5-40,69-72H,41-52H2,1-4H3,(H,73,81)(H,74,82)(H,75,83)(H,76,84)/t69-,70-,71-,72-/m0/s1. The Kier molecular flexibility index (Phi) is 21.6. The smallest absolute Gasteiger partial charge is 0.221 e. The summed E-state index contributed by atoms with van der Waals surface area (Å²) in [5.74, 6) is -0.434. The summed E-state index contributed by atoms with van der Waals surface area (Å²) in [5.41, 5.74) is 12.6. The Morgan fingerprint density at radius 3 is 0.619 bits per heavy atom. The summed E-state index contributed by atoms with van der Waals surface area (Å²) in [4.78, 5) is 60.2. The van der Waals surface area contributed by atoms with E-state index in [1.807, 2.05) is 48.5 Å². The summed E-state index contributed by atoms with van der Waals surface area (Å²) in [7, 11) is 0. The first-order chi connectivity index (χ1) is 40.8. The van der Waals surface area contributed by atoms with Crippen LogP contribution in [0.3, 0.4) is 0 Å². The van der Waals surface area contributed by atoms with Crippen LogP contribution in [0.25, 0.3) is 0 Å². The Labute approximate surface area is 496 Å². The highest BCUT2D eigenvalue weighted by molar-refractivity contribution is 5.90. The first-order valence-electron chi connectivity index (χ1n) is 29.4. The van der Waals surface area contributed by atoms with Gasteiger partial charge in [-0.3, -0.25) is 38.8 Å². The first kappa shape index (κ1) is 60.1. The summed E-state index contributed by atoms with van der Waals surface area (Å²) < 4.78 is 0. The van der Waals surface area contributed by atoms with E-state index in [1.165, 1.54) is 44.5 Å². The van der Waals surface area contributed by atoms with Gasteiger partial charge in [-0.2, -0.15) is 0 Å². The number of amides is 4. The average molecular weight is 1120 g/mol. The summed E-state index contributed by atoms with van der Waals surface area (Å²) in [6.45, 7) is 11.8. The molecule has 1 heterocycles. The number of benzene rings is 8. The van der Waals surface area contributed by atoms with Gasteiger partial charge in [-0.25, -0.2) is 0 Å². The third-order valence-corrected chi connectivity index (χ3v) is 15.7. The largest absolute Gasteiger partial charge is 0.326 e. The second kappa shape index (κ2) is 30.2. The Bertz CT molecular complexity index is 2880. The number of rotatable bonds is 20. The van der Waals surface area contributed by atoms with Crippen LogP contribution in [-0.4, -0.2) is 93.6 Å². The highest BCUT2D eigenvalue weighted by Gasteiger charge is 2.36. The molecule has 0 aromatic heterocycles. The lowest BCUT2D eigenvalue weighted by atomic mass is 9.94. The lowest BCUT2D eigenvalue weighted by Crippen LogP contribution is -2.58. The van der Waals surface area contributed by atoms with E-state index >= 15 is 0 Å². The lowest BCUT2D eigenvalue weighted by Gasteiger charge is -2.47. The average Bonchev–Trinajstić information content (AvgIpc) is 3.01. The van der Waals surface area contributed by atoms with Crippen LogP contribution in [-0.2, 0) is 71.0 Å². The molecule has 12 nitrogen and oxygen atoms in total.